The highest BCUT2D eigenvalue weighted by molar-refractivity contribution is 5.79. The van der Waals surface area contributed by atoms with Gasteiger partial charge in [0.1, 0.15) is 19.3 Å². The first kappa shape index (κ1) is 15.5. The molecule has 8 nitrogen and oxygen atoms in total. The number of aliphatic carboxylic acids is 1. The minimum atomic E-state index is -1.14. The molecule has 1 aromatic carbocycles. The van der Waals surface area contributed by atoms with Crippen LogP contribution in [0.4, 0.5) is 4.79 Å². The van der Waals surface area contributed by atoms with E-state index in [1.165, 1.54) is 24.4 Å². The van der Waals surface area contributed by atoms with Crippen LogP contribution in [0.1, 0.15) is 5.56 Å². The Kier molecular flexibility index (Phi) is 5.07. The minimum absolute atomic E-state index is 0.00767. The fourth-order valence-electron chi connectivity index (χ4n) is 1.82. The second kappa shape index (κ2) is 7.21. The van der Waals surface area contributed by atoms with Crippen LogP contribution in [0.5, 0.6) is 0 Å². The van der Waals surface area contributed by atoms with Crippen molar-refractivity contribution in [2.45, 2.75) is 19.2 Å². The molecule has 0 fully saturated rings. The summed E-state index contributed by atoms with van der Waals surface area (Å²) < 4.78 is 6.47. The molecule has 1 unspecified atom stereocenters. The Balaban J connectivity index is 1.95. The van der Waals surface area contributed by atoms with Gasteiger partial charge in [0.2, 0.25) is 0 Å². The second-order valence-electron chi connectivity index (χ2n) is 4.62. The van der Waals surface area contributed by atoms with Crippen molar-refractivity contribution in [2.75, 3.05) is 7.05 Å². The van der Waals surface area contributed by atoms with Crippen LogP contribution in [0, 0.1) is 0 Å². The number of carboxylic acids is 1. The Hall–Kier alpha value is -2.90. The molecule has 0 aliphatic heterocycles. The van der Waals surface area contributed by atoms with E-state index in [9.17, 15) is 14.7 Å². The molecule has 1 N–H and O–H groups in total. The van der Waals surface area contributed by atoms with Crippen molar-refractivity contribution in [3.8, 4) is 0 Å². The lowest BCUT2D eigenvalue weighted by molar-refractivity contribution is -0.142. The van der Waals surface area contributed by atoms with Crippen molar-refractivity contribution in [1.82, 2.24) is 19.7 Å². The van der Waals surface area contributed by atoms with Crippen molar-refractivity contribution in [3.05, 3.63) is 48.5 Å². The molecule has 1 amide bonds. The van der Waals surface area contributed by atoms with E-state index in [0.29, 0.717) is 0 Å². The van der Waals surface area contributed by atoms with E-state index in [1.54, 1.807) is 0 Å². The van der Waals surface area contributed by atoms with Gasteiger partial charge >= 0.3 is 12.1 Å². The monoisotopic (exact) mass is 304 g/mol. The third kappa shape index (κ3) is 4.05. The largest absolute Gasteiger partial charge is 0.480 e. The molecule has 8 heteroatoms. The highest BCUT2D eigenvalue weighted by Gasteiger charge is 2.28. The zero-order valence-corrected chi connectivity index (χ0v) is 12.0. The summed E-state index contributed by atoms with van der Waals surface area (Å²) in [6.07, 6.45) is 1.97. The van der Waals surface area contributed by atoms with Crippen molar-refractivity contribution in [2.24, 2.45) is 0 Å². The van der Waals surface area contributed by atoms with E-state index < -0.39 is 18.1 Å². The fraction of sp³-hybridized carbons (Fsp3) is 0.286. The second-order valence-corrected chi connectivity index (χ2v) is 4.62. The van der Waals surface area contributed by atoms with Gasteiger partial charge < -0.3 is 9.84 Å². The minimum Gasteiger partial charge on any atom is -0.480 e. The van der Waals surface area contributed by atoms with E-state index in [1.807, 2.05) is 30.3 Å². The molecule has 0 aliphatic carbocycles. The SMILES string of the molecule is CN(C(=O)OCc1ccccc1)C(Cn1cncn1)C(=O)O. The summed E-state index contributed by atoms with van der Waals surface area (Å²) in [5.74, 6) is -1.14. The van der Waals surface area contributed by atoms with E-state index in [0.717, 1.165) is 10.5 Å². The van der Waals surface area contributed by atoms with Gasteiger partial charge in [0, 0.05) is 7.05 Å². The van der Waals surface area contributed by atoms with Gasteiger partial charge in [-0.05, 0) is 5.56 Å². The van der Waals surface area contributed by atoms with E-state index in [-0.39, 0.29) is 13.2 Å². The van der Waals surface area contributed by atoms with Crippen LogP contribution >= 0.6 is 0 Å². The molecule has 116 valence electrons. The van der Waals surface area contributed by atoms with Crippen LogP contribution in [-0.2, 0) is 22.7 Å². The van der Waals surface area contributed by atoms with Crippen molar-refractivity contribution >= 4 is 12.1 Å². The number of likely N-dealkylation sites (N-methyl/N-ethyl adjacent to an activating group) is 1. The van der Waals surface area contributed by atoms with Gasteiger partial charge in [0.05, 0.1) is 6.54 Å². The summed E-state index contributed by atoms with van der Waals surface area (Å²) in [4.78, 5) is 28.1. The molecule has 2 aromatic rings. The Bertz CT molecular complexity index is 615. The first-order chi connectivity index (χ1) is 10.6. The number of rotatable bonds is 6. The predicted molar refractivity (Wildman–Crippen MR) is 75.8 cm³/mol. The smallest absolute Gasteiger partial charge is 0.410 e. The number of hydrogen-bond acceptors (Lipinski definition) is 5. The Morgan fingerprint density at radius 2 is 2.09 bits per heavy atom. The summed E-state index contributed by atoms with van der Waals surface area (Å²) in [5.41, 5.74) is 0.826. The van der Waals surface area contributed by atoms with Crippen LogP contribution in [-0.4, -0.2) is 49.9 Å². The summed E-state index contributed by atoms with van der Waals surface area (Å²) in [5, 5.41) is 13.1. The maximum atomic E-state index is 12.0. The van der Waals surface area contributed by atoms with Crippen LogP contribution in [0.15, 0.2) is 43.0 Å². The van der Waals surface area contributed by atoms with Gasteiger partial charge in [-0.25, -0.2) is 14.6 Å². The molecular formula is C14H16N4O4. The lowest BCUT2D eigenvalue weighted by atomic mass is 10.2. The van der Waals surface area contributed by atoms with Crippen LogP contribution in [0.2, 0.25) is 0 Å². The number of nitrogens with zero attached hydrogens (tertiary/aromatic N) is 4. The molecule has 0 bridgehead atoms. The first-order valence-corrected chi connectivity index (χ1v) is 6.56. The fourth-order valence-corrected chi connectivity index (χ4v) is 1.82. The molecule has 1 atom stereocenters. The van der Waals surface area contributed by atoms with Gasteiger partial charge in [0.15, 0.2) is 6.04 Å². The summed E-state index contributed by atoms with van der Waals surface area (Å²) in [7, 11) is 1.38. The Morgan fingerprint density at radius 1 is 1.36 bits per heavy atom. The number of amides is 1. The molecule has 0 saturated carbocycles. The standard InChI is InChI=1S/C14H16N4O4/c1-17(12(13(19)20)7-18-10-15-9-16-18)14(21)22-8-11-5-3-2-4-6-11/h2-6,9-10,12H,7-8H2,1H3,(H,19,20). The zero-order valence-electron chi connectivity index (χ0n) is 12.0. The normalized spacial score (nSPS) is 11.7. The molecule has 1 heterocycles. The zero-order chi connectivity index (χ0) is 15.9. The Morgan fingerprint density at radius 3 is 2.68 bits per heavy atom. The van der Waals surface area contributed by atoms with Crippen molar-refractivity contribution in [3.63, 3.8) is 0 Å². The number of benzene rings is 1. The summed E-state index contributed by atoms with van der Waals surface area (Å²) >= 11 is 0. The lowest BCUT2D eigenvalue weighted by Gasteiger charge is -2.24. The third-order valence-electron chi connectivity index (χ3n) is 3.07. The topological polar surface area (TPSA) is 97.5 Å². The molecule has 0 radical (unpaired) electrons. The number of carbonyl (C=O) groups is 2. The maximum Gasteiger partial charge on any atom is 0.410 e. The van der Waals surface area contributed by atoms with Gasteiger partial charge in [-0.3, -0.25) is 9.58 Å². The molecule has 0 aliphatic rings. The predicted octanol–water partition coefficient (Wildman–Crippen LogP) is 1.000. The number of carboxylic acid groups (broad SMARTS) is 1. The molecular weight excluding hydrogens is 288 g/mol. The highest BCUT2D eigenvalue weighted by atomic mass is 16.6. The summed E-state index contributed by atoms with van der Waals surface area (Å²) in [6.45, 7) is 0.0753. The quantitative estimate of drug-likeness (QED) is 0.855. The number of ether oxygens (including phenoxy) is 1. The molecule has 22 heavy (non-hydrogen) atoms. The van der Waals surface area contributed by atoms with Crippen LogP contribution < -0.4 is 0 Å². The third-order valence-corrected chi connectivity index (χ3v) is 3.07. The van der Waals surface area contributed by atoms with Crippen molar-refractivity contribution in [1.29, 1.82) is 0 Å². The summed E-state index contributed by atoms with van der Waals surface area (Å²) in [6, 6.07) is 8.06. The number of aromatic nitrogens is 3. The van der Waals surface area contributed by atoms with Crippen LogP contribution in [0.3, 0.4) is 0 Å². The van der Waals surface area contributed by atoms with Gasteiger partial charge in [-0.1, -0.05) is 30.3 Å². The Labute approximate surface area is 126 Å². The van der Waals surface area contributed by atoms with E-state index >= 15 is 0 Å². The average molecular weight is 304 g/mol. The molecule has 2 rings (SSSR count). The van der Waals surface area contributed by atoms with Crippen molar-refractivity contribution < 1.29 is 19.4 Å². The first-order valence-electron chi connectivity index (χ1n) is 6.56. The molecule has 1 aromatic heterocycles. The van der Waals surface area contributed by atoms with E-state index in [2.05, 4.69) is 10.1 Å². The average Bonchev–Trinajstić information content (AvgIpc) is 3.03. The number of hydrogen-bond donors (Lipinski definition) is 1. The number of carbonyl (C=O) groups excluding carboxylic acids is 1. The molecule has 0 saturated heterocycles. The van der Waals surface area contributed by atoms with E-state index in [4.69, 9.17) is 4.74 Å². The van der Waals surface area contributed by atoms with Gasteiger partial charge in [0.25, 0.3) is 0 Å². The van der Waals surface area contributed by atoms with Gasteiger partial charge in [-0.15, -0.1) is 0 Å². The van der Waals surface area contributed by atoms with Crippen LogP contribution in [0.25, 0.3) is 0 Å². The highest BCUT2D eigenvalue weighted by Crippen LogP contribution is 2.06. The lowest BCUT2D eigenvalue weighted by Crippen LogP contribution is -2.45. The van der Waals surface area contributed by atoms with Gasteiger partial charge in [-0.2, -0.15) is 5.10 Å². The molecule has 0 spiro atoms. The maximum absolute atomic E-state index is 12.0.